The topological polar surface area (TPSA) is 98.4 Å². The number of carbonyl (C=O) groups is 2. The molecule has 3 heterocycles. The fraction of sp³-hybridized carbons (Fsp3) is 0.647. The molecule has 0 radical (unpaired) electrons. The van der Waals surface area contributed by atoms with Crippen LogP contribution in [0.5, 0.6) is 0 Å². The Morgan fingerprint density at radius 1 is 1.28 bits per heavy atom. The highest BCUT2D eigenvalue weighted by molar-refractivity contribution is 5.77. The first-order valence-corrected chi connectivity index (χ1v) is 8.79. The Bertz CT molecular complexity index is 683. The zero-order chi connectivity index (χ0) is 17.9. The molecule has 8 nitrogen and oxygen atoms in total. The van der Waals surface area contributed by atoms with E-state index < -0.39 is 0 Å². The molecule has 8 heteroatoms. The van der Waals surface area contributed by atoms with Crippen molar-refractivity contribution in [1.82, 2.24) is 25.3 Å². The van der Waals surface area contributed by atoms with Gasteiger partial charge in [-0.15, -0.1) is 0 Å². The van der Waals surface area contributed by atoms with Gasteiger partial charge in [-0.3, -0.25) is 19.3 Å². The van der Waals surface area contributed by atoms with Crippen molar-refractivity contribution >= 4 is 11.8 Å². The summed E-state index contributed by atoms with van der Waals surface area (Å²) >= 11 is 0. The van der Waals surface area contributed by atoms with E-state index in [9.17, 15) is 14.4 Å². The molecule has 0 aromatic carbocycles. The third-order valence-electron chi connectivity index (χ3n) is 5.41. The molecule has 0 saturated carbocycles. The maximum atomic E-state index is 12.6. The van der Waals surface area contributed by atoms with E-state index in [0.717, 1.165) is 19.4 Å². The third kappa shape index (κ3) is 4.07. The highest BCUT2D eigenvalue weighted by Crippen LogP contribution is 2.30. The van der Waals surface area contributed by atoms with Gasteiger partial charge in [-0.25, -0.2) is 5.10 Å². The minimum atomic E-state index is -0.243. The molecule has 2 saturated heterocycles. The lowest BCUT2D eigenvalue weighted by molar-refractivity contribution is -0.136. The fourth-order valence-electron chi connectivity index (χ4n) is 3.72. The summed E-state index contributed by atoms with van der Waals surface area (Å²) in [5, 5.41) is 9.27. The standard InChI is InChI=1S/C17H25N5O3/c1-21-10-11-22(12-17(21)7-6-14(23)18-9-8-17)16(25)5-3-13-2-4-15(24)20-19-13/h2,4H,3,5-12H2,1H3,(H,18,23)(H,20,24)/t17-/m0/s1. The van der Waals surface area contributed by atoms with Gasteiger partial charge in [0.1, 0.15) is 0 Å². The molecule has 2 aliphatic heterocycles. The highest BCUT2D eigenvalue weighted by Gasteiger charge is 2.41. The number of aromatic nitrogens is 2. The second-order valence-electron chi connectivity index (χ2n) is 6.97. The van der Waals surface area contributed by atoms with Crippen LogP contribution in [0.2, 0.25) is 0 Å². The Morgan fingerprint density at radius 2 is 2.12 bits per heavy atom. The van der Waals surface area contributed by atoms with E-state index in [2.05, 4.69) is 27.5 Å². The van der Waals surface area contributed by atoms with E-state index in [0.29, 0.717) is 44.6 Å². The van der Waals surface area contributed by atoms with Crippen LogP contribution < -0.4 is 10.9 Å². The average molecular weight is 347 g/mol. The molecule has 1 aromatic rings. The van der Waals surface area contributed by atoms with Gasteiger partial charge in [0.25, 0.3) is 5.56 Å². The number of piperazine rings is 1. The predicted octanol–water partition coefficient (Wildman–Crippen LogP) is -0.485. The number of rotatable bonds is 3. The molecule has 2 amide bonds. The third-order valence-corrected chi connectivity index (χ3v) is 5.41. The van der Waals surface area contributed by atoms with E-state index in [-0.39, 0.29) is 22.9 Å². The second kappa shape index (κ2) is 7.35. The van der Waals surface area contributed by atoms with E-state index in [4.69, 9.17) is 0 Å². The van der Waals surface area contributed by atoms with Crippen LogP contribution in [0.15, 0.2) is 16.9 Å². The molecule has 0 bridgehead atoms. The summed E-state index contributed by atoms with van der Waals surface area (Å²) in [6, 6.07) is 3.08. The first-order valence-electron chi connectivity index (χ1n) is 8.79. The average Bonchev–Trinajstić information content (AvgIpc) is 2.79. The minimum absolute atomic E-state index is 0.0952. The van der Waals surface area contributed by atoms with Crippen molar-refractivity contribution < 1.29 is 9.59 Å². The first-order chi connectivity index (χ1) is 12.0. The first kappa shape index (κ1) is 17.6. The Balaban J connectivity index is 1.61. The summed E-state index contributed by atoms with van der Waals surface area (Å²) in [4.78, 5) is 39.6. The molecule has 3 rings (SSSR count). The zero-order valence-corrected chi connectivity index (χ0v) is 14.6. The summed E-state index contributed by atoms with van der Waals surface area (Å²) in [5.74, 6) is 0.196. The molecule has 0 aliphatic carbocycles. The summed E-state index contributed by atoms with van der Waals surface area (Å²) in [6.45, 7) is 2.84. The lowest BCUT2D eigenvalue weighted by atomic mass is 9.86. The van der Waals surface area contributed by atoms with Crippen LogP contribution in [0.4, 0.5) is 0 Å². The smallest absolute Gasteiger partial charge is 0.264 e. The molecule has 1 atom stereocenters. The lowest BCUT2D eigenvalue weighted by Gasteiger charge is -2.49. The molecule has 1 aromatic heterocycles. The lowest BCUT2D eigenvalue weighted by Crippen LogP contribution is -2.62. The van der Waals surface area contributed by atoms with Crippen molar-refractivity contribution in [3.63, 3.8) is 0 Å². The van der Waals surface area contributed by atoms with Crippen molar-refractivity contribution in [2.75, 3.05) is 33.2 Å². The number of nitrogens with one attached hydrogen (secondary N) is 2. The van der Waals surface area contributed by atoms with Gasteiger partial charge in [0.2, 0.25) is 11.8 Å². The molecular weight excluding hydrogens is 322 g/mol. The Morgan fingerprint density at radius 3 is 2.88 bits per heavy atom. The van der Waals surface area contributed by atoms with Gasteiger partial charge in [-0.1, -0.05) is 0 Å². The Hall–Kier alpha value is -2.22. The number of aromatic amines is 1. The molecule has 0 unspecified atom stereocenters. The van der Waals surface area contributed by atoms with Gasteiger partial charge in [-0.05, 0) is 26.0 Å². The largest absolute Gasteiger partial charge is 0.356 e. The molecule has 2 aliphatic rings. The minimum Gasteiger partial charge on any atom is -0.356 e. The van der Waals surface area contributed by atoms with Gasteiger partial charge < -0.3 is 10.2 Å². The van der Waals surface area contributed by atoms with Crippen molar-refractivity contribution in [2.24, 2.45) is 0 Å². The number of nitrogens with zero attached hydrogens (tertiary/aromatic N) is 3. The number of carbonyl (C=O) groups excluding carboxylic acids is 2. The molecule has 25 heavy (non-hydrogen) atoms. The van der Waals surface area contributed by atoms with Crippen molar-refractivity contribution in [1.29, 1.82) is 0 Å². The Labute approximate surface area is 146 Å². The summed E-state index contributed by atoms with van der Waals surface area (Å²) in [5.41, 5.74) is 0.345. The van der Waals surface area contributed by atoms with Gasteiger partial charge in [-0.2, -0.15) is 5.10 Å². The second-order valence-corrected chi connectivity index (χ2v) is 6.97. The maximum absolute atomic E-state index is 12.6. The van der Waals surface area contributed by atoms with Crippen LogP contribution in [-0.2, 0) is 16.0 Å². The van der Waals surface area contributed by atoms with Crippen molar-refractivity contribution in [3.8, 4) is 0 Å². The normalized spacial score (nSPS) is 24.8. The number of amides is 2. The van der Waals surface area contributed by atoms with E-state index in [1.54, 1.807) is 6.07 Å². The van der Waals surface area contributed by atoms with Crippen LogP contribution in [0.25, 0.3) is 0 Å². The number of likely N-dealkylation sites (N-methyl/N-ethyl adjacent to an activating group) is 1. The van der Waals surface area contributed by atoms with Gasteiger partial charge in [0, 0.05) is 57.0 Å². The van der Waals surface area contributed by atoms with E-state index in [1.165, 1.54) is 6.07 Å². The molecule has 136 valence electrons. The van der Waals surface area contributed by atoms with Crippen LogP contribution >= 0.6 is 0 Å². The quantitative estimate of drug-likeness (QED) is 0.769. The van der Waals surface area contributed by atoms with Crippen LogP contribution in [0.3, 0.4) is 0 Å². The van der Waals surface area contributed by atoms with Gasteiger partial charge in [0.15, 0.2) is 0 Å². The van der Waals surface area contributed by atoms with Crippen LogP contribution in [0.1, 0.15) is 31.4 Å². The number of aryl methyl sites for hydroxylation is 1. The van der Waals surface area contributed by atoms with E-state index >= 15 is 0 Å². The molecule has 2 N–H and O–H groups in total. The van der Waals surface area contributed by atoms with E-state index in [1.807, 2.05) is 4.90 Å². The predicted molar refractivity (Wildman–Crippen MR) is 92.0 cm³/mol. The molecule has 1 spiro atoms. The monoisotopic (exact) mass is 347 g/mol. The maximum Gasteiger partial charge on any atom is 0.264 e. The SMILES string of the molecule is CN1CCN(C(=O)CCc2ccc(=O)[nH]n2)C[C@]12CCNC(=O)CC2. The van der Waals surface area contributed by atoms with Crippen LogP contribution in [0, 0.1) is 0 Å². The van der Waals surface area contributed by atoms with Crippen molar-refractivity contribution in [3.05, 3.63) is 28.2 Å². The number of hydrogen-bond acceptors (Lipinski definition) is 5. The summed E-state index contributed by atoms with van der Waals surface area (Å²) in [7, 11) is 2.09. The van der Waals surface area contributed by atoms with Gasteiger partial charge >= 0.3 is 0 Å². The van der Waals surface area contributed by atoms with Gasteiger partial charge in [0.05, 0.1) is 5.69 Å². The summed E-state index contributed by atoms with van der Waals surface area (Å²) < 4.78 is 0. The Kier molecular flexibility index (Phi) is 5.17. The zero-order valence-electron chi connectivity index (χ0n) is 14.6. The van der Waals surface area contributed by atoms with Crippen LogP contribution in [-0.4, -0.2) is 70.6 Å². The number of H-pyrrole nitrogens is 1. The summed E-state index contributed by atoms with van der Waals surface area (Å²) in [6.07, 6.45) is 3.03. The number of hydrogen-bond donors (Lipinski definition) is 2. The highest BCUT2D eigenvalue weighted by atomic mass is 16.2. The molecule has 2 fully saturated rings. The molecular formula is C17H25N5O3. The fourth-order valence-corrected chi connectivity index (χ4v) is 3.72. The van der Waals surface area contributed by atoms with Crippen molar-refractivity contribution in [2.45, 2.75) is 37.6 Å².